The topological polar surface area (TPSA) is 34.4 Å². The molecule has 0 saturated heterocycles. The Morgan fingerprint density at radius 1 is 1.12 bits per heavy atom. The van der Waals surface area contributed by atoms with Gasteiger partial charge in [-0.1, -0.05) is 47.5 Å². The number of nitrogens with zero attached hydrogens (tertiary/aromatic N) is 2. The molecule has 4 aromatic rings. The number of imidazole rings is 1. The van der Waals surface area contributed by atoms with E-state index in [1.807, 2.05) is 28.7 Å². The molecular formula is C20H15ClN2OS. The van der Waals surface area contributed by atoms with Gasteiger partial charge in [-0.3, -0.25) is 9.20 Å². The minimum absolute atomic E-state index is 0.563. The van der Waals surface area contributed by atoms with Gasteiger partial charge in [-0.15, -0.1) is 11.3 Å². The first-order valence-electron chi connectivity index (χ1n) is 7.87. The van der Waals surface area contributed by atoms with Crippen molar-refractivity contribution in [1.82, 2.24) is 9.38 Å². The number of hydrogen-bond donors (Lipinski definition) is 0. The first kappa shape index (κ1) is 16.1. The van der Waals surface area contributed by atoms with Gasteiger partial charge in [-0.2, -0.15) is 0 Å². The van der Waals surface area contributed by atoms with E-state index in [9.17, 15) is 4.79 Å². The van der Waals surface area contributed by atoms with E-state index in [2.05, 4.69) is 42.4 Å². The predicted octanol–water partition coefficient (Wildman–Crippen LogP) is 5.81. The highest BCUT2D eigenvalue weighted by molar-refractivity contribution is 7.15. The molecule has 124 valence electrons. The van der Waals surface area contributed by atoms with Crippen LogP contribution in [0.1, 0.15) is 21.6 Å². The Hall–Kier alpha value is -2.43. The van der Waals surface area contributed by atoms with Crippen LogP contribution in [0.15, 0.2) is 47.8 Å². The van der Waals surface area contributed by atoms with Crippen LogP contribution in [-0.2, 0) is 0 Å². The summed E-state index contributed by atoms with van der Waals surface area (Å²) in [6, 6.07) is 13.7. The van der Waals surface area contributed by atoms with Crippen LogP contribution in [0.5, 0.6) is 0 Å². The average Bonchev–Trinajstić information content (AvgIpc) is 3.15. The molecule has 3 nitrogen and oxygen atoms in total. The fourth-order valence-corrected chi connectivity index (χ4v) is 4.12. The van der Waals surface area contributed by atoms with Crippen LogP contribution in [0.25, 0.3) is 27.5 Å². The molecule has 5 heteroatoms. The fraction of sp³-hybridized carbons (Fsp3) is 0.100. The van der Waals surface area contributed by atoms with Gasteiger partial charge in [0, 0.05) is 21.5 Å². The number of benzene rings is 2. The van der Waals surface area contributed by atoms with Crippen LogP contribution in [-0.4, -0.2) is 15.7 Å². The number of thiazole rings is 1. The number of aromatic nitrogens is 2. The van der Waals surface area contributed by atoms with Crippen LogP contribution in [0.2, 0.25) is 5.02 Å². The highest BCUT2D eigenvalue weighted by atomic mass is 35.5. The average molecular weight is 367 g/mol. The minimum Gasteiger partial charge on any atom is -0.296 e. The third-order valence-corrected chi connectivity index (χ3v) is 5.36. The minimum atomic E-state index is 0.563. The van der Waals surface area contributed by atoms with Gasteiger partial charge in [-0.25, -0.2) is 4.98 Å². The standard InChI is InChI=1S/C20H15ClN2OS/c1-12-3-8-16(13(2)9-12)18-11-25-20-22-19(17(10-24)23(18)20)14-4-6-15(21)7-5-14/h3-11H,1-2H3. The molecule has 4 rings (SSSR count). The van der Waals surface area contributed by atoms with Crippen LogP contribution >= 0.6 is 22.9 Å². The van der Waals surface area contributed by atoms with Crippen molar-refractivity contribution >= 4 is 34.2 Å². The SMILES string of the molecule is Cc1ccc(-c2csc3nc(-c4ccc(Cl)cc4)c(C=O)n23)c(C)c1. The summed E-state index contributed by atoms with van der Waals surface area (Å²) < 4.78 is 1.94. The maximum atomic E-state index is 11.9. The molecule has 0 unspecified atom stereocenters. The van der Waals surface area contributed by atoms with E-state index < -0.39 is 0 Å². The monoisotopic (exact) mass is 366 g/mol. The molecule has 2 aromatic heterocycles. The molecule has 0 bridgehead atoms. The summed E-state index contributed by atoms with van der Waals surface area (Å²) >= 11 is 7.51. The van der Waals surface area contributed by atoms with Crippen molar-refractivity contribution in [2.75, 3.05) is 0 Å². The number of aryl methyl sites for hydroxylation is 2. The third kappa shape index (κ3) is 2.68. The quantitative estimate of drug-likeness (QED) is 0.428. The maximum absolute atomic E-state index is 11.9. The van der Waals surface area contributed by atoms with Crippen LogP contribution in [0.3, 0.4) is 0 Å². The van der Waals surface area contributed by atoms with Gasteiger partial charge in [0.05, 0.1) is 5.69 Å². The van der Waals surface area contributed by atoms with Crippen LogP contribution in [0, 0.1) is 13.8 Å². The molecule has 25 heavy (non-hydrogen) atoms. The summed E-state index contributed by atoms with van der Waals surface area (Å²) in [6.45, 7) is 4.16. The molecule has 0 spiro atoms. The number of carbonyl (C=O) groups is 1. The smallest absolute Gasteiger partial charge is 0.195 e. The predicted molar refractivity (Wildman–Crippen MR) is 104 cm³/mol. The number of hydrogen-bond acceptors (Lipinski definition) is 3. The second-order valence-electron chi connectivity index (χ2n) is 6.03. The summed E-state index contributed by atoms with van der Waals surface area (Å²) in [5, 5.41) is 2.71. The molecule has 2 aromatic carbocycles. The molecule has 0 amide bonds. The lowest BCUT2D eigenvalue weighted by atomic mass is 10.0. The van der Waals surface area contributed by atoms with Gasteiger partial charge in [0.1, 0.15) is 11.4 Å². The lowest BCUT2D eigenvalue weighted by Gasteiger charge is -2.07. The first-order valence-corrected chi connectivity index (χ1v) is 9.13. The van der Waals surface area contributed by atoms with E-state index in [1.54, 1.807) is 0 Å². The summed E-state index contributed by atoms with van der Waals surface area (Å²) in [5.41, 5.74) is 6.63. The largest absolute Gasteiger partial charge is 0.296 e. The van der Waals surface area contributed by atoms with Crippen LogP contribution < -0.4 is 0 Å². The Labute approximate surface area is 154 Å². The molecule has 0 N–H and O–H groups in total. The zero-order valence-corrected chi connectivity index (χ0v) is 15.4. The van der Waals surface area contributed by atoms with Gasteiger partial charge in [0.15, 0.2) is 11.2 Å². The van der Waals surface area contributed by atoms with Gasteiger partial charge in [0.2, 0.25) is 0 Å². The molecular weight excluding hydrogens is 352 g/mol. The summed E-state index contributed by atoms with van der Waals surface area (Å²) in [4.78, 5) is 17.4. The van der Waals surface area contributed by atoms with E-state index in [0.717, 1.165) is 28.1 Å². The Bertz CT molecular complexity index is 1090. The molecule has 0 aliphatic heterocycles. The van der Waals surface area contributed by atoms with Gasteiger partial charge < -0.3 is 0 Å². The van der Waals surface area contributed by atoms with E-state index in [-0.39, 0.29) is 0 Å². The Balaban J connectivity index is 1.97. The summed E-state index contributed by atoms with van der Waals surface area (Å²) in [5.74, 6) is 0. The number of halogens is 1. The molecule has 0 radical (unpaired) electrons. The highest BCUT2D eigenvalue weighted by Gasteiger charge is 2.19. The zero-order valence-electron chi connectivity index (χ0n) is 13.8. The zero-order chi connectivity index (χ0) is 17.6. The number of fused-ring (bicyclic) bond motifs is 1. The van der Waals surface area contributed by atoms with Crippen LogP contribution in [0.4, 0.5) is 0 Å². The Morgan fingerprint density at radius 2 is 1.88 bits per heavy atom. The van der Waals surface area contributed by atoms with E-state index in [1.165, 1.54) is 22.5 Å². The van der Waals surface area contributed by atoms with Crippen molar-refractivity contribution in [3.05, 3.63) is 69.7 Å². The lowest BCUT2D eigenvalue weighted by Crippen LogP contribution is -1.95. The molecule has 0 aliphatic carbocycles. The van der Waals surface area contributed by atoms with Gasteiger partial charge in [-0.05, 0) is 31.5 Å². The second kappa shape index (κ2) is 6.14. The van der Waals surface area contributed by atoms with Crippen molar-refractivity contribution < 1.29 is 4.79 Å². The number of rotatable bonds is 3. The fourth-order valence-electron chi connectivity index (χ4n) is 3.10. The van der Waals surface area contributed by atoms with E-state index in [4.69, 9.17) is 11.6 Å². The molecule has 2 heterocycles. The summed E-state index contributed by atoms with van der Waals surface area (Å²) in [7, 11) is 0. The van der Waals surface area contributed by atoms with Crippen molar-refractivity contribution in [1.29, 1.82) is 0 Å². The third-order valence-electron chi connectivity index (χ3n) is 4.29. The van der Waals surface area contributed by atoms with E-state index >= 15 is 0 Å². The number of carbonyl (C=O) groups excluding carboxylic acids is 1. The first-order chi connectivity index (χ1) is 12.1. The summed E-state index contributed by atoms with van der Waals surface area (Å²) in [6.07, 6.45) is 0.879. The van der Waals surface area contributed by atoms with Crippen molar-refractivity contribution in [2.24, 2.45) is 0 Å². The van der Waals surface area contributed by atoms with Crippen molar-refractivity contribution in [3.63, 3.8) is 0 Å². The van der Waals surface area contributed by atoms with Crippen molar-refractivity contribution in [2.45, 2.75) is 13.8 Å². The van der Waals surface area contributed by atoms with Crippen molar-refractivity contribution in [3.8, 4) is 22.5 Å². The Morgan fingerprint density at radius 3 is 2.56 bits per heavy atom. The number of aldehydes is 1. The van der Waals surface area contributed by atoms with Gasteiger partial charge in [0.25, 0.3) is 0 Å². The highest BCUT2D eigenvalue weighted by Crippen LogP contribution is 2.34. The Kier molecular flexibility index (Phi) is 3.94. The molecule has 0 atom stereocenters. The maximum Gasteiger partial charge on any atom is 0.195 e. The normalized spacial score (nSPS) is 11.2. The van der Waals surface area contributed by atoms with Gasteiger partial charge >= 0.3 is 0 Å². The lowest BCUT2D eigenvalue weighted by molar-refractivity contribution is 0.111. The molecule has 0 saturated carbocycles. The molecule has 0 fully saturated rings. The molecule has 0 aliphatic rings. The second-order valence-corrected chi connectivity index (χ2v) is 7.30. The van der Waals surface area contributed by atoms with E-state index in [0.29, 0.717) is 16.4 Å².